The van der Waals surface area contributed by atoms with Crippen molar-refractivity contribution in [3.8, 4) is 0 Å². The second-order valence-corrected chi connectivity index (χ2v) is 11.7. The van der Waals surface area contributed by atoms with E-state index in [1.807, 2.05) is 30.3 Å². The van der Waals surface area contributed by atoms with Gasteiger partial charge in [0.25, 0.3) is 0 Å². The van der Waals surface area contributed by atoms with Crippen molar-refractivity contribution in [3.63, 3.8) is 0 Å². The van der Waals surface area contributed by atoms with E-state index in [-0.39, 0.29) is 35.4 Å². The standard InChI is InChI=1S/C25H24ClN3O3S2/c1-17(2)21-7-5-8-22-24(21)28-25(33-22)29(16-19-6-3-4-14-27-19)23(30)13-15-34(31,32)20-11-9-18(26)10-12-20/h3-12,14,17H,13,15-16H2,1-2H3. The first-order valence-electron chi connectivity index (χ1n) is 10.8. The molecule has 0 radical (unpaired) electrons. The Labute approximate surface area is 208 Å². The Morgan fingerprint density at radius 3 is 2.50 bits per heavy atom. The minimum absolute atomic E-state index is 0.141. The normalized spacial score (nSPS) is 11.8. The fraction of sp³-hybridized carbons (Fsp3) is 0.240. The third kappa shape index (κ3) is 5.46. The van der Waals surface area contributed by atoms with Crippen LogP contribution in [0.15, 0.2) is 71.8 Å². The quantitative estimate of drug-likeness (QED) is 0.294. The van der Waals surface area contributed by atoms with Gasteiger partial charge in [-0.25, -0.2) is 13.4 Å². The van der Waals surface area contributed by atoms with Crippen molar-refractivity contribution in [2.75, 3.05) is 10.7 Å². The van der Waals surface area contributed by atoms with Crippen LogP contribution in [0.2, 0.25) is 5.02 Å². The molecule has 1 amide bonds. The molecular weight excluding hydrogens is 490 g/mol. The predicted molar refractivity (Wildman–Crippen MR) is 137 cm³/mol. The minimum atomic E-state index is -3.64. The first-order chi connectivity index (χ1) is 16.2. The molecule has 2 aromatic carbocycles. The molecule has 0 aliphatic rings. The van der Waals surface area contributed by atoms with Crippen molar-refractivity contribution in [1.82, 2.24) is 9.97 Å². The number of benzene rings is 2. The number of sulfone groups is 1. The molecule has 9 heteroatoms. The first kappa shape index (κ1) is 24.3. The Morgan fingerprint density at radius 1 is 1.06 bits per heavy atom. The van der Waals surface area contributed by atoms with E-state index in [1.165, 1.54) is 40.5 Å². The molecule has 0 spiro atoms. The lowest BCUT2D eigenvalue weighted by Gasteiger charge is -2.19. The summed E-state index contributed by atoms with van der Waals surface area (Å²) in [4.78, 5) is 24.2. The summed E-state index contributed by atoms with van der Waals surface area (Å²) in [5.74, 6) is -0.356. The average Bonchev–Trinajstić information content (AvgIpc) is 3.26. The molecular formula is C25H24ClN3O3S2. The van der Waals surface area contributed by atoms with Crippen molar-refractivity contribution in [2.24, 2.45) is 0 Å². The molecule has 0 saturated carbocycles. The van der Waals surface area contributed by atoms with E-state index in [0.29, 0.717) is 15.8 Å². The van der Waals surface area contributed by atoms with Gasteiger partial charge in [-0.2, -0.15) is 0 Å². The fourth-order valence-electron chi connectivity index (χ4n) is 3.57. The van der Waals surface area contributed by atoms with Crippen LogP contribution in [0, 0.1) is 0 Å². The topological polar surface area (TPSA) is 80.2 Å². The minimum Gasteiger partial charge on any atom is -0.282 e. The monoisotopic (exact) mass is 513 g/mol. The van der Waals surface area contributed by atoms with Crippen LogP contribution in [0.3, 0.4) is 0 Å². The molecule has 0 atom stereocenters. The highest BCUT2D eigenvalue weighted by molar-refractivity contribution is 7.91. The maximum absolute atomic E-state index is 13.4. The number of carbonyl (C=O) groups is 1. The zero-order valence-corrected chi connectivity index (χ0v) is 21.2. The van der Waals surface area contributed by atoms with Gasteiger partial charge >= 0.3 is 0 Å². The predicted octanol–water partition coefficient (Wildman–Crippen LogP) is 5.87. The van der Waals surface area contributed by atoms with E-state index in [9.17, 15) is 13.2 Å². The zero-order chi connectivity index (χ0) is 24.3. The van der Waals surface area contributed by atoms with Crippen LogP contribution in [0.4, 0.5) is 5.13 Å². The molecule has 4 rings (SSSR count). The van der Waals surface area contributed by atoms with Crippen molar-refractivity contribution >= 4 is 54.0 Å². The summed E-state index contributed by atoms with van der Waals surface area (Å²) in [6.45, 7) is 4.41. The lowest BCUT2D eigenvalue weighted by molar-refractivity contribution is -0.118. The third-order valence-corrected chi connectivity index (χ3v) is 8.42. The maximum atomic E-state index is 13.4. The Hall–Kier alpha value is -2.81. The van der Waals surface area contributed by atoms with Gasteiger partial charge in [-0.1, -0.05) is 55.0 Å². The largest absolute Gasteiger partial charge is 0.282 e. The lowest BCUT2D eigenvalue weighted by Crippen LogP contribution is -2.32. The number of hydrogen-bond donors (Lipinski definition) is 0. The smallest absolute Gasteiger partial charge is 0.230 e. The van der Waals surface area contributed by atoms with Crippen molar-refractivity contribution in [2.45, 2.75) is 37.6 Å². The van der Waals surface area contributed by atoms with E-state index in [1.54, 1.807) is 12.3 Å². The van der Waals surface area contributed by atoms with Gasteiger partial charge in [-0.3, -0.25) is 14.7 Å². The van der Waals surface area contributed by atoms with Crippen molar-refractivity contribution in [3.05, 3.63) is 83.1 Å². The third-order valence-electron chi connectivity index (χ3n) is 5.40. The summed E-state index contributed by atoms with van der Waals surface area (Å²) in [5.41, 5.74) is 2.67. The highest BCUT2D eigenvalue weighted by atomic mass is 35.5. The summed E-state index contributed by atoms with van der Waals surface area (Å²) < 4.78 is 26.6. The first-order valence-corrected chi connectivity index (χ1v) is 13.7. The number of fused-ring (bicyclic) bond motifs is 1. The van der Waals surface area contributed by atoms with Crippen LogP contribution in [0.1, 0.15) is 37.4 Å². The van der Waals surface area contributed by atoms with Gasteiger partial charge in [0.05, 0.1) is 33.1 Å². The van der Waals surface area contributed by atoms with E-state index in [0.717, 1.165) is 15.8 Å². The second kappa shape index (κ2) is 10.2. The number of aromatic nitrogens is 2. The van der Waals surface area contributed by atoms with E-state index in [4.69, 9.17) is 16.6 Å². The number of carbonyl (C=O) groups excluding carboxylic acids is 1. The molecule has 0 bridgehead atoms. The zero-order valence-electron chi connectivity index (χ0n) is 18.8. The Kier molecular flexibility index (Phi) is 7.30. The molecule has 6 nitrogen and oxygen atoms in total. The second-order valence-electron chi connectivity index (χ2n) is 8.17. The number of para-hydroxylation sites is 1. The molecule has 4 aromatic rings. The number of nitrogens with zero attached hydrogens (tertiary/aromatic N) is 3. The van der Waals surface area contributed by atoms with Crippen molar-refractivity contribution in [1.29, 1.82) is 0 Å². The Balaban J connectivity index is 1.63. The number of hydrogen-bond acceptors (Lipinski definition) is 6. The van der Waals surface area contributed by atoms with Crippen molar-refractivity contribution < 1.29 is 13.2 Å². The van der Waals surface area contributed by atoms with Gasteiger partial charge in [0.15, 0.2) is 15.0 Å². The Bertz CT molecular complexity index is 1400. The van der Waals surface area contributed by atoms with E-state index < -0.39 is 9.84 Å². The van der Waals surface area contributed by atoms with Gasteiger partial charge in [0, 0.05) is 17.6 Å². The molecule has 0 aliphatic carbocycles. The summed E-state index contributed by atoms with van der Waals surface area (Å²) in [6, 6.07) is 17.5. The number of rotatable bonds is 8. The molecule has 0 saturated heterocycles. The summed E-state index contributed by atoms with van der Waals surface area (Å²) in [5, 5.41) is 0.982. The summed E-state index contributed by atoms with van der Waals surface area (Å²) in [6.07, 6.45) is 1.49. The van der Waals surface area contributed by atoms with Crippen LogP contribution >= 0.6 is 22.9 Å². The number of thiazole rings is 1. The maximum Gasteiger partial charge on any atom is 0.230 e. The molecule has 0 N–H and O–H groups in total. The van der Waals surface area contributed by atoms with Crippen LogP contribution in [-0.4, -0.2) is 30.0 Å². The van der Waals surface area contributed by atoms with E-state index >= 15 is 0 Å². The number of pyridine rings is 1. The molecule has 0 fully saturated rings. The Morgan fingerprint density at radius 2 is 1.82 bits per heavy atom. The van der Waals surface area contributed by atoms with Gasteiger partial charge in [-0.05, 0) is 53.9 Å². The number of halogens is 1. The summed E-state index contributed by atoms with van der Waals surface area (Å²) >= 11 is 7.29. The fourth-order valence-corrected chi connectivity index (χ4v) is 5.94. The average molecular weight is 514 g/mol. The molecule has 2 aromatic heterocycles. The van der Waals surface area contributed by atoms with Crippen LogP contribution in [0.25, 0.3) is 10.2 Å². The molecule has 0 unspecified atom stereocenters. The van der Waals surface area contributed by atoms with Crippen LogP contribution in [0.5, 0.6) is 0 Å². The SMILES string of the molecule is CC(C)c1cccc2sc(N(Cc3ccccn3)C(=O)CCS(=O)(=O)c3ccc(Cl)cc3)nc12. The van der Waals surface area contributed by atoms with Gasteiger partial charge in [0.1, 0.15) is 0 Å². The lowest BCUT2D eigenvalue weighted by atomic mass is 10.0. The van der Waals surface area contributed by atoms with Gasteiger partial charge in [-0.15, -0.1) is 0 Å². The number of anilines is 1. The van der Waals surface area contributed by atoms with Crippen LogP contribution < -0.4 is 4.90 Å². The molecule has 2 heterocycles. The molecule has 34 heavy (non-hydrogen) atoms. The molecule has 176 valence electrons. The molecule has 0 aliphatic heterocycles. The number of amides is 1. The highest BCUT2D eigenvalue weighted by Crippen LogP contribution is 2.34. The van der Waals surface area contributed by atoms with Gasteiger partial charge in [0.2, 0.25) is 5.91 Å². The van der Waals surface area contributed by atoms with E-state index in [2.05, 4.69) is 18.8 Å². The van der Waals surface area contributed by atoms with Gasteiger partial charge < -0.3 is 0 Å². The summed E-state index contributed by atoms with van der Waals surface area (Å²) in [7, 11) is -3.64. The van der Waals surface area contributed by atoms with Crippen LogP contribution in [-0.2, 0) is 21.2 Å². The highest BCUT2D eigenvalue weighted by Gasteiger charge is 2.24.